The summed E-state index contributed by atoms with van der Waals surface area (Å²) in [5.41, 5.74) is 3.28. The molecule has 10 heteroatoms. The van der Waals surface area contributed by atoms with E-state index < -0.39 is 24.2 Å². The molecule has 4 atom stereocenters. The molecule has 0 bridgehead atoms. The van der Waals surface area contributed by atoms with Crippen LogP contribution in [0.25, 0.3) is 22.4 Å². The number of aliphatic hydroxyl groups excluding tert-OH is 3. The molecule has 3 aromatic rings. The van der Waals surface area contributed by atoms with Crippen LogP contribution in [-0.2, 0) is 11.8 Å². The molecule has 5 N–H and O–H groups in total. The van der Waals surface area contributed by atoms with E-state index in [-0.39, 0.29) is 6.61 Å². The first-order valence-corrected chi connectivity index (χ1v) is 11.3. The number of rotatable bonds is 9. The number of benzene rings is 1. The first-order chi connectivity index (χ1) is 15.9. The second-order valence-electron chi connectivity index (χ2n) is 8.37. The molecule has 33 heavy (non-hydrogen) atoms. The van der Waals surface area contributed by atoms with Crippen LogP contribution in [0, 0.1) is 12.8 Å². The number of nitrogens with zero attached hydrogens (tertiary/aromatic N) is 4. The normalized spacial score (nSPS) is 22.7. The van der Waals surface area contributed by atoms with E-state index in [1.165, 1.54) is 0 Å². The number of ether oxygens (including phenoxy) is 1. The van der Waals surface area contributed by atoms with Crippen LogP contribution < -0.4 is 10.6 Å². The summed E-state index contributed by atoms with van der Waals surface area (Å²) in [6.07, 6.45) is -1.62. The van der Waals surface area contributed by atoms with Crippen molar-refractivity contribution in [3.63, 3.8) is 0 Å². The molecular formula is C23H32N6O4. The van der Waals surface area contributed by atoms with Gasteiger partial charge in [-0.1, -0.05) is 12.1 Å². The zero-order valence-electron chi connectivity index (χ0n) is 19.2. The van der Waals surface area contributed by atoms with Crippen molar-refractivity contribution < 1.29 is 20.1 Å². The fourth-order valence-corrected chi connectivity index (χ4v) is 4.40. The fraction of sp³-hybridized carbons (Fsp3) is 0.522. The Morgan fingerprint density at radius 3 is 2.64 bits per heavy atom. The number of anilines is 2. The minimum absolute atomic E-state index is 0.193. The average Bonchev–Trinajstić information content (AvgIpc) is 3.28. The predicted octanol–water partition coefficient (Wildman–Crippen LogP) is 1.30. The van der Waals surface area contributed by atoms with Crippen LogP contribution in [0.4, 0.5) is 11.8 Å². The van der Waals surface area contributed by atoms with Gasteiger partial charge in [0.1, 0.15) is 17.7 Å². The van der Waals surface area contributed by atoms with Crippen LogP contribution in [0.5, 0.6) is 0 Å². The van der Waals surface area contributed by atoms with Crippen LogP contribution in [-0.4, -0.2) is 79.5 Å². The predicted molar refractivity (Wildman–Crippen MR) is 126 cm³/mol. The lowest BCUT2D eigenvalue weighted by molar-refractivity contribution is 0.00446. The molecule has 10 nitrogen and oxygen atoms in total. The third-order valence-electron chi connectivity index (χ3n) is 6.19. The Hall–Kier alpha value is -2.79. The van der Waals surface area contributed by atoms with Crippen molar-refractivity contribution in [2.45, 2.75) is 38.5 Å². The van der Waals surface area contributed by atoms with Gasteiger partial charge in [-0.3, -0.25) is 0 Å². The molecule has 1 saturated carbocycles. The Bertz CT molecular complexity index is 1100. The van der Waals surface area contributed by atoms with E-state index in [9.17, 15) is 15.3 Å². The van der Waals surface area contributed by atoms with Gasteiger partial charge in [-0.05, 0) is 32.4 Å². The van der Waals surface area contributed by atoms with Gasteiger partial charge >= 0.3 is 0 Å². The van der Waals surface area contributed by atoms with Crippen LogP contribution >= 0.6 is 0 Å². The highest BCUT2D eigenvalue weighted by atomic mass is 16.5. The van der Waals surface area contributed by atoms with Gasteiger partial charge in [-0.15, -0.1) is 0 Å². The molecule has 4 unspecified atom stereocenters. The highest BCUT2D eigenvalue weighted by molar-refractivity contribution is 5.84. The molecule has 0 amide bonds. The lowest BCUT2D eigenvalue weighted by Crippen LogP contribution is -2.36. The minimum Gasteiger partial charge on any atom is -0.396 e. The molecule has 0 radical (unpaired) electrons. The lowest BCUT2D eigenvalue weighted by atomic mass is 10.1. The third kappa shape index (κ3) is 4.65. The monoisotopic (exact) mass is 456 g/mol. The van der Waals surface area contributed by atoms with Gasteiger partial charge in [0.2, 0.25) is 5.95 Å². The standard InChI is InChI=1S/C23H32N6O4/c1-4-33-10-9-24-23-25-13(2)18(22-27-15-7-5-6-8-17(15)29(22)3)21(28-23)26-16-11-14(12-30)19(31)20(16)32/h5-8,14,16,19-20,30-32H,4,9-12H2,1-3H3,(H2,24,25,26,28). The molecule has 2 heterocycles. The van der Waals surface area contributed by atoms with Crippen LogP contribution in [0.2, 0.25) is 0 Å². The SMILES string of the molecule is CCOCCNc1nc(C)c(-c2nc3ccccc3n2C)c(NC2CC(CO)C(O)C2O)n1. The first-order valence-electron chi connectivity index (χ1n) is 11.3. The summed E-state index contributed by atoms with van der Waals surface area (Å²) in [4.78, 5) is 14.1. The van der Waals surface area contributed by atoms with E-state index in [0.717, 1.165) is 22.3 Å². The average molecular weight is 457 g/mol. The Morgan fingerprint density at radius 2 is 1.94 bits per heavy atom. The molecule has 4 rings (SSSR count). The van der Waals surface area contributed by atoms with Gasteiger partial charge in [0.25, 0.3) is 0 Å². The third-order valence-corrected chi connectivity index (χ3v) is 6.19. The van der Waals surface area contributed by atoms with Gasteiger partial charge in [0.05, 0.1) is 41.0 Å². The van der Waals surface area contributed by atoms with Crippen molar-refractivity contribution in [1.82, 2.24) is 19.5 Å². The van der Waals surface area contributed by atoms with Gasteiger partial charge in [0, 0.05) is 32.7 Å². The number of nitrogens with one attached hydrogen (secondary N) is 2. The van der Waals surface area contributed by atoms with Gasteiger partial charge in [-0.25, -0.2) is 9.97 Å². The zero-order valence-corrected chi connectivity index (χ0v) is 19.2. The zero-order chi connectivity index (χ0) is 23.5. The highest BCUT2D eigenvalue weighted by Crippen LogP contribution is 2.35. The van der Waals surface area contributed by atoms with Gasteiger partial charge in [0.15, 0.2) is 0 Å². The van der Waals surface area contributed by atoms with Crippen molar-refractivity contribution in [2.75, 3.05) is 37.0 Å². The maximum Gasteiger partial charge on any atom is 0.224 e. The van der Waals surface area contributed by atoms with Crippen molar-refractivity contribution in [1.29, 1.82) is 0 Å². The van der Waals surface area contributed by atoms with E-state index >= 15 is 0 Å². The summed E-state index contributed by atoms with van der Waals surface area (Å²) < 4.78 is 7.38. The molecule has 1 fully saturated rings. The van der Waals surface area contributed by atoms with Crippen LogP contribution in [0.15, 0.2) is 24.3 Å². The fourth-order valence-electron chi connectivity index (χ4n) is 4.40. The Labute approximate surface area is 192 Å². The first kappa shape index (κ1) is 23.4. The van der Waals surface area contributed by atoms with E-state index in [2.05, 4.69) is 15.6 Å². The van der Waals surface area contributed by atoms with Crippen LogP contribution in [0.3, 0.4) is 0 Å². The number of aromatic nitrogens is 4. The minimum atomic E-state index is -1.03. The van der Waals surface area contributed by atoms with Crippen molar-refractivity contribution in [2.24, 2.45) is 13.0 Å². The van der Waals surface area contributed by atoms with Gasteiger partial charge in [-0.2, -0.15) is 4.98 Å². The molecule has 178 valence electrons. The molecule has 0 aliphatic heterocycles. The number of para-hydroxylation sites is 2. The quantitative estimate of drug-likeness (QED) is 0.302. The topological polar surface area (TPSA) is 138 Å². The summed E-state index contributed by atoms with van der Waals surface area (Å²) in [5.74, 6) is 1.24. The number of hydrogen-bond acceptors (Lipinski definition) is 9. The van der Waals surface area contributed by atoms with E-state index in [1.54, 1.807) is 0 Å². The summed E-state index contributed by atoms with van der Waals surface area (Å²) in [6.45, 7) is 5.35. The largest absolute Gasteiger partial charge is 0.396 e. The molecule has 0 saturated heterocycles. The summed E-state index contributed by atoms with van der Waals surface area (Å²) in [7, 11) is 1.94. The molecular weight excluding hydrogens is 424 g/mol. The highest BCUT2D eigenvalue weighted by Gasteiger charge is 2.41. The molecule has 1 aromatic carbocycles. The van der Waals surface area contributed by atoms with Gasteiger partial charge < -0.3 is 35.3 Å². The Kier molecular flexibility index (Phi) is 7.08. The smallest absolute Gasteiger partial charge is 0.224 e. The molecule has 1 aliphatic rings. The summed E-state index contributed by atoms with van der Waals surface area (Å²) in [5, 5.41) is 36.9. The summed E-state index contributed by atoms with van der Waals surface area (Å²) in [6, 6.07) is 7.39. The Balaban J connectivity index is 1.74. The van der Waals surface area contributed by atoms with Crippen LogP contribution in [0.1, 0.15) is 19.0 Å². The number of imidazole rings is 1. The van der Waals surface area contributed by atoms with E-state index in [1.807, 2.05) is 49.7 Å². The maximum absolute atomic E-state index is 10.6. The van der Waals surface area contributed by atoms with E-state index in [0.29, 0.717) is 43.8 Å². The molecule has 2 aromatic heterocycles. The Morgan fingerprint density at radius 1 is 1.15 bits per heavy atom. The number of aryl methyl sites for hydroxylation is 2. The van der Waals surface area contributed by atoms with Crippen molar-refractivity contribution in [3.05, 3.63) is 30.0 Å². The molecule has 0 spiro atoms. The lowest BCUT2D eigenvalue weighted by Gasteiger charge is -2.21. The van der Waals surface area contributed by atoms with Crippen molar-refractivity contribution in [3.8, 4) is 11.4 Å². The molecule has 1 aliphatic carbocycles. The summed E-state index contributed by atoms with van der Waals surface area (Å²) >= 11 is 0. The maximum atomic E-state index is 10.6. The number of fused-ring (bicyclic) bond motifs is 1. The number of aliphatic hydroxyl groups is 3. The second kappa shape index (κ2) is 10.0. The van der Waals surface area contributed by atoms with Crippen molar-refractivity contribution >= 4 is 22.8 Å². The van der Waals surface area contributed by atoms with E-state index in [4.69, 9.17) is 14.7 Å². The number of hydrogen-bond donors (Lipinski definition) is 5. The second-order valence-corrected chi connectivity index (χ2v) is 8.37.